The molecule has 0 unspecified atom stereocenters. The zero-order chi connectivity index (χ0) is 31.8. The Morgan fingerprint density at radius 3 is 2.59 bits per heavy atom. The van der Waals surface area contributed by atoms with Gasteiger partial charge in [-0.3, -0.25) is 15.0 Å². The molecular formula is C32H32F4N8O2. The van der Waals surface area contributed by atoms with E-state index in [1.54, 1.807) is 24.4 Å². The number of nitrogens with one attached hydrogen (secondary N) is 1. The Hall–Kier alpha value is -4.43. The topological polar surface area (TPSA) is 107 Å². The van der Waals surface area contributed by atoms with Crippen molar-refractivity contribution in [3.8, 4) is 17.4 Å². The number of benzene rings is 1. The van der Waals surface area contributed by atoms with Gasteiger partial charge in [0, 0.05) is 29.8 Å². The second kappa shape index (κ2) is 12.4. The summed E-state index contributed by atoms with van der Waals surface area (Å²) in [6.45, 7) is 5.55. The monoisotopic (exact) mass is 636 g/mol. The molecule has 7 rings (SSSR count). The number of nitrogens with zero attached hydrogens (tertiary/aromatic N) is 7. The van der Waals surface area contributed by atoms with Crippen LogP contribution in [0.3, 0.4) is 0 Å². The number of piperidine rings is 1. The van der Waals surface area contributed by atoms with Crippen LogP contribution in [0.1, 0.15) is 53.7 Å². The summed E-state index contributed by atoms with van der Waals surface area (Å²) in [5, 5.41) is 5.65. The molecule has 0 spiro atoms. The number of aryl methyl sites for hydroxylation is 1. The molecule has 1 N–H and O–H groups in total. The van der Waals surface area contributed by atoms with E-state index < -0.39 is 12.0 Å². The molecule has 4 aromatic heterocycles. The second-order valence-corrected chi connectivity index (χ2v) is 11.8. The smallest absolute Gasteiger partial charge is 0.451 e. The minimum atomic E-state index is -4.63. The van der Waals surface area contributed by atoms with Gasteiger partial charge in [-0.25, -0.2) is 19.3 Å². The van der Waals surface area contributed by atoms with E-state index >= 15 is 0 Å². The highest BCUT2D eigenvalue weighted by Gasteiger charge is 2.35. The number of ether oxygens (including phenoxy) is 2. The first-order valence-corrected chi connectivity index (χ1v) is 15.2. The van der Waals surface area contributed by atoms with Crippen LogP contribution in [0.25, 0.3) is 22.6 Å². The first kappa shape index (κ1) is 30.2. The minimum Gasteiger partial charge on any atom is -0.473 e. The maximum atomic E-state index is 14.2. The third-order valence-corrected chi connectivity index (χ3v) is 8.58. The van der Waals surface area contributed by atoms with E-state index in [9.17, 15) is 17.6 Å². The predicted molar refractivity (Wildman–Crippen MR) is 159 cm³/mol. The highest BCUT2D eigenvalue weighted by molar-refractivity contribution is 5.78. The molecule has 0 aliphatic carbocycles. The molecule has 0 saturated carbocycles. The van der Waals surface area contributed by atoms with E-state index in [1.165, 1.54) is 6.07 Å². The van der Waals surface area contributed by atoms with Crippen LogP contribution < -0.4 is 4.74 Å². The number of aromatic amines is 1. The number of halogens is 4. The van der Waals surface area contributed by atoms with Crippen LogP contribution in [0.15, 0.2) is 48.7 Å². The standard InChI is InChI=1S/C32H32F4N8O2/c1-19-5-6-21(23(33)13-19)18-46-29-4-2-3-24(39-29)20-7-10-43(11-8-20)17-28-38-25-14-26(30-40-31(42-41-30)32(34,35)36)37-15-27(25)44(28)16-22-9-12-45-22/h2-6,13-15,20,22H,7-12,16-18H2,1H3,(H,40,41,42)/t22-/m0/s1. The summed E-state index contributed by atoms with van der Waals surface area (Å²) in [7, 11) is 0. The molecule has 1 aromatic carbocycles. The zero-order valence-corrected chi connectivity index (χ0v) is 25.1. The quantitative estimate of drug-likeness (QED) is 0.202. The van der Waals surface area contributed by atoms with Crippen molar-refractivity contribution < 1.29 is 27.0 Å². The Morgan fingerprint density at radius 2 is 1.87 bits per heavy atom. The summed E-state index contributed by atoms with van der Waals surface area (Å²) in [6, 6.07) is 12.4. The number of likely N-dealkylation sites (tertiary alicyclic amines) is 1. The molecular weight excluding hydrogens is 604 g/mol. The maximum Gasteiger partial charge on any atom is 0.451 e. The number of rotatable bonds is 9. The summed E-state index contributed by atoms with van der Waals surface area (Å²) in [5.41, 5.74) is 3.90. The molecule has 14 heteroatoms. The predicted octanol–water partition coefficient (Wildman–Crippen LogP) is 5.83. The van der Waals surface area contributed by atoms with Gasteiger partial charge in [0.25, 0.3) is 0 Å². The fourth-order valence-corrected chi connectivity index (χ4v) is 5.90. The summed E-state index contributed by atoms with van der Waals surface area (Å²) < 4.78 is 67.0. The molecule has 2 aliphatic rings. The normalized spacial score (nSPS) is 17.8. The van der Waals surface area contributed by atoms with Crippen molar-refractivity contribution in [2.75, 3.05) is 19.7 Å². The second-order valence-electron chi connectivity index (χ2n) is 11.8. The Balaban J connectivity index is 1.03. The summed E-state index contributed by atoms with van der Waals surface area (Å²) >= 11 is 0. The van der Waals surface area contributed by atoms with E-state index in [-0.39, 0.29) is 36.0 Å². The lowest BCUT2D eigenvalue weighted by Gasteiger charge is -2.32. The molecule has 2 aliphatic heterocycles. The van der Waals surface area contributed by atoms with Gasteiger partial charge in [0.05, 0.1) is 36.4 Å². The molecule has 0 bridgehead atoms. The minimum absolute atomic E-state index is 0.0759. The van der Waals surface area contributed by atoms with Crippen LogP contribution in [0, 0.1) is 12.7 Å². The number of pyridine rings is 2. The lowest BCUT2D eigenvalue weighted by molar-refractivity contribution is -0.144. The maximum absolute atomic E-state index is 14.2. The van der Waals surface area contributed by atoms with Gasteiger partial charge in [-0.1, -0.05) is 18.2 Å². The van der Waals surface area contributed by atoms with Gasteiger partial charge >= 0.3 is 6.18 Å². The number of H-pyrrole nitrogens is 1. The third kappa shape index (κ3) is 6.44. The molecule has 2 fully saturated rings. The highest BCUT2D eigenvalue weighted by Crippen LogP contribution is 2.31. The van der Waals surface area contributed by atoms with E-state index in [0.717, 1.165) is 61.6 Å². The fourth-order valence-electron chi connectivity index (χ4n) is 5.90. The lowest BCUT2D eigenvalue weighted by Crippen LogP contribution is -2.35. The van der Waals surface area contributed by atoms with Gasteiger partial charge in [-0.2, -0.15) is 18.3 Å². The number of imidazole rings is 1. The fraction of sp³-hybridized carbons (Fsp3) is 0.406. The van der Waals surface area contributed by atoms with Crippen molar-refractivity contribution in [3.63, 3.8) is 0 Å². The van der Waals surface area contributed by atoms with Crippen molar-refractivity contribution in [2.24, 2.45) is 0 Å². The molecule has 46 heavy (non-hydrogen) atoms. The number of alkyl halides is 3. The van der Waals surface area contributed by atoms with Crippen LogP contribution in [-0.2, 0) is 30.6 Å². The molecule has 0 radical (unpaired) electrons. The molecule has 240 valence electrons. The van der Waals surface area contributed by atoms with E-state index in [0.29, 0.717) is 30.0 Å². The first-order chi connectivity index (χ1) is 22.2. The number of hydrogen-bond donors (Lipinski definition) is 1. The average Bonchev–Trinajstić information content (AvgIpc) is 3.64. The molecule has 5 aromatic rings. The SMILES string of the molecule is Cc1ccc(COc2cccc(C3CCN(Cc4nc5cc(-c6n[nH]c(C(F)(F)F)n6)ncc5n4C[C@@H]4CCO4)CC3)n2)c(F)c1. The van der Waals surface area contributed by atoms with Crippen LogP contribution in [0.4, 0.5) is 17.6 Å². The summed E-state index contributed by atoms with van der Waals surface area (Å²) in [5.74, 6) is -0.0328. The first-order valence-electron chi connectivity index (χ1n) is 15.2. The Kier molecular flexibility index (Phi) is 8.15. The van der Waals surface area contributed by atoms with Gasteiger partial charge in [0.1, 0.15) is 23.9 Å². The van der Waals surface area contributed by atoms with Crippen molar-refractivity contribution in [2.45, 2.75) is 64.1 Å². The van der Waals surface area contributed by atoms with E-state index in [4.69, 9.17) is 19.4 Å². The number of aromatic nitrogens is 7. The Labute approximate surface area is 261 Å². The van der Waals surface area contributed by atoms with Crippen LogP contribution in [-0.4, -0.2) is 65.4 Å². The average molecular weight is 637 g/mol. The lowest BCUT2D eigenvalue weighted by atomic mass is 9.93. The highest BCUT2D eigenvalue weighted by atomic mass is 19.4. The largest absolute Gasteiger partial charge is 0.473 e. The molecule has 1 atom stereocenters. The molecule has 0 amide bonds. The van der Waals surface area contributed by atoms with Crippen molar-refractivity contribution in [1.29, 1.82) is 0 Å². The van der Waals surface area contributed by atoms with Crippen LogP contribution >= 0.6 is 0 Å². The Bertz CT molecular complexity index is 1840. The summed E-state index contributed by atoms with van der Waals surface area (Å²) in [4.78, 5) is 19.9. The van der Waals surface area contributed by atoms with Gasteiger partial charge in [0.15, 0.2) is 5.82 Å². The van der Waals surface area contributed by atoms with Gasteiger partial charge in [0.2, 0.25) is 11.7 Å². The molecule has 2 saturated heterocycles. The molecule has 6 heterocycles. The van der Waals surface area contributed by atoms with Gasteiger partial charge in [-0.05, 0) is 63.0 Å². The summed E-state index contributed by atoms with van der Waals surface area (Å²) in [6.07, 6.45) is -0.200. The van der Waals surface area contributed by atoms with Gasteiger partial charge < -0.3 is 14.0 Å². The van der Waals surface area contributed by atoms with Crippen molar-refractivity contribution >= 4 is 11.0 Å². The van der Waals surface area contributed by atoms with Crippen molar-refractivity contribution in [1.82, 2.24) is 39.6 Å². The number of hydrogen-bond acceptors (Lipinski definition) is 8. The van der Waals surface area contributed by atoms with Crippen molar-refractivity contribution in [3.05, 3.63) is 82.9 Å². The van der Waals surface area contributed by atoms with Crippen LogP contribution in [0.2, 0.25) is 0 Å². The van der Waals surface area contributed by atoms with Gasteiger partial charge in [-0.15, -0.1) is 0 Å². The molecule has 10 nitrogen and oxygen atoms in total. The third-order valence-electron chi connectivity index (χ3n) is 8.58. The van der Waals surface area contributed by atoms with E-state index in [2.05, 4.69) is 24.5 Å². The van der Waals surface area contributed by atoms with Crippen LogP contribution in [0.5, 0.6) is 5.88 Å². The zero-order valence-electron chi connectivity index (χ0n) is 25.1. The Morgan fingerprint density at radius 1 is 1.04 bits per heavy atom. The van der Waals surface area contributed by atoms with E-state index in [1.807, 2.05) is 30.2 Å². The number of fused-ring (bicyclic) bond motifs is 1.